The summed E-state index contributed by atoms with van der Waals surface area (Å²) in [6.45, 7) is -0.125. The van der Waals surface area contributed by atoms with Crippen molar-refractivity contribution in [3.05, 3.63) is 59.1 Å². The molecule has 132 valence electrons. The van der Waals surface area contributed by atoms with E-state index in [1.54, 1.807) is 48.5 Å². The van der Waals surface area contributed by atoms with Gasteiger partial charge in [0.1, 0.15) is 6.54 Å². The van der Waals surface area contributed by atoms with Gasteiger partial charge in [0, 0.05) is 10.6 Å². The maximum atomic E-state index is 12.4. The van der Waals surface area contributed by atoms with Gasteiger partial charge >= 0.3 is 5.97 Å². The number of nitrogens with one attached hydrogen (secondary N) is 1. The van der Waals surface area contributed by atoms with E-state index < -0.39 is 5.97 Å². The molecule has 26 heavy (non-hydrogen) atoms. The lowest BCUT2D eigenvalue weighted by Crippen LogP contribution is -2.21. The van der Waals surface area contributed by atoms with E-state index >= 15 is 0 Å². The van der Waals surface area contributed by atoms with Crippen LogP contribution in [0.1, 0.15) is 10.4 Å². The van der Waals surface area contributed by atoms with Crippen LogP contribution in [0.25, 0.3) is 11.4 Å². The van der Waals surface area contributed by atoms with Crippen molar-refractivity contribution in [2.75, 3.05) is 12.4 Å². The van der Waals surface area contributed by atoms with E-state index in [0.717, 1.165) is 5.56 Å². The summed E-state index contributed by atoms with van der Waals surface area (Å²) in [6.07, 6.45) is 0. The van der Waals surface area contributed by atoms with E-state index in [1.165, 1.54) is 11.8 Å². The maximum absolute atomic E-state index is 12.4. The van der Waals surface area contributed by atoms with E-state index in [4.69, 9.17) is 16.3 Å². The molecule has 1 amide bonds. The number of hydrogen-bond acceptors (Lipinski definition) is 6. The smallest absolute Gasteiger partial charge is 0.339 e. The molecule has 0 aliphatic rings. The summed E-state index contributed by atoms with van der Waals surface area (Å²) < 4.78 is 6.07. The number of anilines is 1. The van der Waals surface area contributed by atoms with Crippen molar-refractivity contribution in [3.8, 4) is 11.4 Å². The molecular formula is C17H14ClN5O3. The average molecular weight is 372 g/mol. The summed E-state index contributed by atoms with van der Waals surface area (Å²) in [5.41, 5.74) is 1.34. The zero-order valence-corrected chi connectivity index (χ0v) is 14.5. The highest BCUT2D eigenvalue weighted by molar-refractivity contribution is 6.30. The Morgan fingerprint density at radius 2 is 1.88 bits per heavy atom. The largest absolute Gasteiger partial charge is 0.465 e. The molecular weight excluding hydrogens is 358 g/mol. The van der Waals surface area contributed by atoms with E-state index in [1.807, 2.05) is 0 Å². The Balaban J connectivity index is 1.77. The summed E-state index contributed by atoms with van der Waals surface area (Å²) in [7, 11) is 1.28. The van der Waals surface area contributed by atoms with Crippen LogP contribution in [-0.2, 0) is 16.1 Å². The van der Waals surface area contributed by atoms with Crippen molar-refractivity contribution < 1.29 is 14.3 Å². The van der Waals surface area contributed by atoms with Gasteiger partial charge in [-0.25, -0.2) is 9.48 Å². The van der Waals surface area contributed by atoms with Gasteiger partial charge in [-0.2, -0.15) is 0 Å². The number of carbonyl (C=O) groups is 2. The molecule has 0 saturated carbocycles. The molecule has 1 aromatic heterocycles. The second-order valence-electron chi connectivity index (χ2n) is 5.25. The zero-order chi connectivity index (χ0) is 18.5. The van der Waals surface area contributed by atoms with Crippen LogP contribution in [0.5, 0.6) is 0 Å². The quantitative estimate of drug-likeness (QED) is 0.691. The molecule has 9 heteroatoms. The number of benzene rings is 2. The van der Waals surface area contributed by atoms with Crippen molar-refractivity contribution in [2.24, 2.45) is 0 Å². The number of halogens is 1. The molecule has 0 radical (unpaired) electrons. The molecule has 3 rings (SSSR count). The van der Waals surface area contributed by atoms with Gasteiger partial charge in [0.25, 0.3) is 0 Å². The van der Waals surface area contributed by atoms with Crippen molar-refractivity contribution in [2.45, 2.75) is 6.54 Å². The minimum Gasteiger partial charge on any atom is -0.465 e. The molecule has 3 aromatic rings. The molecule has 0 spiro atoms. The third-order valence-corrected chi connectivity index (χ3v) is 3.79. The second kappa shape index (κ2) is 7.75. The van der Waals surface area contributed by atoms with Crippen molar-refractivity contribution >= 4 is 29.2 Å². The number of methoxy groups -OCH3 is 1. The van der Waals surface area contributed by atoms with Crippen molar-refractivity contribution in [1.82, 2.24) is 20.2 Å². The molecule has 0 bridgehead atoms. The normalized spacial score (nSPS) is 10.4. The van der Waals surface area contributed by atoms with Gasteiger partial charge in [-0.1, -0.05) is 23.7 Å². The number of para-hydroxylation sites is 1. The number of amides is 1. The van der Waals surface area contributed by atoms with Crippen LogP contribution >= 0.6 is 11.6 Å². The summed E-state index contributed by atoms with van der Waals surface area (Å²) in [4.78, 5) is 24.2. The molecule has 0 aliphatic carbocycles. The van der Waals surface area contributed by atoms with Crippen LogP contribution in [-0.4, -0.2) is 39.2 Å². The third-order valence-electron chi connectivity index (χ3n) is 3.53. The monoisotopic (exact) mass is 371 g/mol. The molecule has 2 aromatic carbocycles. The molecule has 1 heterocycles. The first-order valence-corrected chi connectivity index (χ1v) is 7.95. The van der Waals surface area contributed by atoms with Crippen LogP contribution in [0.3, 0.4) is 0 Å². The molecule has 0 fully saturated rings. The highest BCUT2D eigenvalue weighted by Gasteiger charge is 2.16. The first kappa shape index (κ1) is 17.6. The SMILES string of the molecule is COC(=O)c1ccccc1NC(=O)Cn1nnnc1-c1ccc(Cl)cc1. The van der Waals surface area contributed by atoms with Gasteiger partial charge in [0.2, 0.25) is 5.91 Å². The number of esters is 1. The molecule has 0 saturated heterocycles. The minimum atomic E-state index is -0.537. The predicted octanol–water partition coefficient (Wildman–Crippen LogP) is 2.42. The predicted molar refractivity (Wildman–Crippen MR) is 94.7 cm³/mol. The first-order chi connectivity index (χ1) is 12.6. The van der Waals surface area contributed by atoms with Crippen LogP contribution in [0.2, 0.25) is 5.02 Å². The van der Waals surface area contributed by atoms with Crippen molar-refractivity contribution in [3.63, 3.8) is 0 Å². The lowest BCUT2D eigenvalue weighted by molar-refractivity contribution is -0.116. The Morgan fingerprint density at radius 3 is 2.62 bits per heavy atom. The number of tetrazole rings is 1. The summed E-state index contributed by atoms with van der Waals surface area (Å²) in [5.74, 6) is -0.493. The summed E-state index contributed by atoms with van der Waals surface area (Å²) >= 11 is 5.88. The second-order valence-corrected chi connectivity index (χ2v) is 5.69. The number of carbonyl (C=O) groups excluding carboxylic acids is 2. The fourth-order valence-electron chi connectivity index (χ4n) is 2.32. The van der Waals surface area contributed by atoms with Gasteiger partial charge in [0.05, 0.1) is 18.4 Å². The van der Waals surface area contributed by atoms with Crippen LogP contribution in [0, 0.1) is 0 Å². The minimum absolute atomic E-state index is 0.125. The van der Waals surface area contributed by atoms with Crippen molar-refractivity contribution in [1.29, 1.82) is 0 Å². The van der Waals surface area contributed by atoms with Gasteiger partial charge < -0.3 is 10.1 Å². The number of nitrogens with zero attached hydrogens (tertiary/aromatic N) is 4. The van der Waals surface area contributed by atoms with Gasteiger partial charge in [-0.15, -0.1) is 5.10 Å². The summed E-state index contributed by atoms with van der Waals surface area (Å²) in [6, 6.07) is 13.5. The third kappa shape index (κ3) is 3.86. The van der Waals surface area contributed by atoms with Gasteiger partial charge in [0.15, 0.2) is 5.82 Å². The zero-order valence-electron chi connectivity index (χ0n) is 13.7. The number of rotatable bonds is 5. The Kier molecular flexibility index (Phi) is 5.23. The van der Waals surface area contributed by atoms with Gasteiger partial charge in [-0.05, 0) is 46.8 Å². The molecule has 0 atom stereocenters. The number of aromatic nitrogens is 4. The molecule has 0 unspecified atom stereocenters. The average Bonchev–Trinajstić information content (AvgIpc) is 3.10. The van der Waals surface area contributed by atoms with E-state index in [0.29, 0.717) is 16.5 Å². The number of hydrogen-bond donors (Lipinski definition) is 1. The highest BCUT2D eigenvalue weighted by atomic mass is 35.5. The lowest BCUT2D eigenvalue weighted by atomic mass is 10.2. The maximum Gasteiger partial charge on any atom is 0.339 e. The topological polar surface area (TPSA) is 99.0 Å². The Hall–Kier alpha value is -3.26. The fourth-order valence-corrected chi connectivity index (χ4v) is 2.45. The molecule has 0 aliphatic heterocycles. The fraction of sp³-hybridized carbons (Fsp3) is 0.118. The van der Waals surface area contributed by atoms with E-state index in [-0.39, 0.29) is 18.0 Å². The highest BCUT2D eigenvalue weighted by Crippen LogP contribution is 2.19. The first-order valence-electron chi connectivity index (χ1n) is 7.58. The van der Waals surface area contributed by atoms with Crippen LogP contribution in [0.4, 0.5) is 5.69 Å². The van der Waals surface area contributed by atoms with Crippen LogP contribution in [0.15, 0.2) is 48.5 Å². The molecule has 1 N–H and O–H groups in total. The standard InChI is InChI=1S/C17H14ClN5O3/c1-26-17(25)13-4-2-3-5-14(13)19-15(24)10-23-16(20-21-22-23)11-6-8-12(18)9-7-11/h2-9H,10H2,1H3,(H,19,24). The van der Waals surface area contributed by atoms with E-state index in [9.17, 15) is 9.59 Å². The number of ether oxygens (including phenoxy) is 1. The van der Waals surface area contributed by atoms with Gasteiger partial charge in [-0.3, -0.25) is 4.79 Å². The molecule has 8 nitrogen and oxygen atoms in total. The Morgan fingerprint density at radius 1 is 1.15 bits per heavy atom. The summed E-state index contributed by atoms with van der Waals surface area (Å²) in [5, 5.41) is 14.7. The Bertz CT molecular complexity index is 940. The Labute approximate surface area is 153 Å². The van der Waals surface area contributed by atoms with E-state index in [2.05, 4.69) is 20.8 Å². The van der Waals surface area contributed by atoms with Crippen LogP contribution < -0.4 is 5.32 Å². The lowest BCUT2D eigenvalue weighted by Gasteiger charge is -2.10.